The Kier molecular flexibility index (Phi) is 4.74. The highest BCUT2D eigenvalue weighted by Crippen LogP contribution is 2.31. The van der Waals surface area contributed by atoms with Crippen molar-refractivity contribution >= 4 is 33.4 Å². The van der Waals surface area contributed by atoms with Gasteiger partial charge in [-0.3, -0.25) is 9.69 Å². The Morgan fingerprint density at radius 3 is 3.23 bits per heavy atom. The number of hydrogen-bond donors (Lipinski definition) is 2. The minimum absolute atomic E-state index is 0.0768. The first-order valence-corrected chi connectivity index (χ1v) is 9.79. The van der Waals surface area contributed by atoms with E-state index in [4.69, 9.17) is 4.98 Å². The summed E-state index contributed by atoms with van der Waals surface area (Å²) in [5, 5.41) is 4.62. The van der Waals surface area contributed by atoms with E-state index < -0.39 is 0 Å². The molecule has 2 N–H and O–H groups in total. The number of thiazole rings is 1. The van der Waals surface area contributed by atoms with Gasteiger partial charge in [0.05, 0.1) is 0 Å². The van der Waals surface area contributed by atoms with Gasteiger partial charge in [-0.25, -0.2) is 9.97 Å². The van der Waals surface area contributed by atoms with Gasteiger partial charge >= 0.3 is 0 Å². The Labute approximate surface area is 156 Å². The summed E-state index contributed by atoms with van der Waals surface area (Å²) in [4.78, 5) is 27.0. The van der Waals surface area contributed by atoms with E-state index in [2.05, 4.69) is 39.2 Å². The van der Waals surface area contributed by atoms with E-state index in [1.54, 1.807) is 11.3 Å². The highest BCUT2D eigenvalue weighted by atomic mass is 32.1. The topological polar surface area (TPSA) is 73.9 Å². The molecule has 0 radical (unpaired) electrons. The fourth-order valence-electron chi connectivity index (χ4n) is 3.77. The van der Waals surface area contributed by atoms with Crippen LogP contribution >= 0.6 is 11.3 Å². The molecular formula is C19H23N5OS. The SMILES string of the molecule is CC(=O)Nc1ncc(CN2CCC[C@@H](c3cc4cc[nH]c4nc3C)C2)s1. The van der Waals surface area contributed by atoms with Crippen LogP contribution in [0.25, 0.3) is 11.0 Å². The van der Waals surface area contributed by atoms with E-state index in [0.29, 0.717) is 11.0 Å². The molecule has 3 aromatic heterocycles. The van der Waals surface area contributed by atoms with Crippen molar-refractivity contribution in [1.82, 2.24) is 19.9 Å². The first-order chi connectivity index (χ1) is 12.6. The van der Waals surface area contributed by atoms with Crippen molar-refractivity contribution in [2.75, 3.05) is 18.4 Å². The molecule has 0 saturated carbocycles. The van der Waals surface area contributed by atoms with E-state index in [-0.39, 0.29) is 5.91 Å². The molecule has 26 heavy (non-hydrogen) atoms. The highest BCUT2D eigenvalue weighted by Gasteiger charge is 2.24. The molecule has 1 amide bonds. The zero-order valence-electron chi connectivity index (χ0n) is 15.1. The second-order valence-electron chi connectivity index (χ2n) is 6.97. The van der Waals surface area contributed by atoms with Gasteiger partial charge in [0.1, 0.15) is 5.65 Å². The average Bonchev–Trinajstić information content (AvgIpc) is 3.22. The summed E-state index contributed by atoms with van der Waals surface area (Å²) >= 11 is 1.56. The second kappa shape index (κ2) is 7.17. The van der Waals surface area contributed by atoms with Crippen molar-refractivity contribution < 1.29 is 4.79 Å². The standard InChI is InChI=1S/C19H23N5OS/c1-12-17(8-14-5-6-20-18(14)22-12)15-4-3-7-24(10-15)11-16-9-21-19(26-16)23-13(2)25/h5-6,8-9,15H,3-4,7,10-11H2,1-2H3,(H,20,22)(H,21,23,25)/t15-/m1/s1. The number of piperidine rings is 1. The highest BCUT2D eigenvalue weighted by molar-refractivity contribution is 7.15. The number of hydrogen-bond acceptors (Lipinski definition) is 5. The lowest BCUT2D eigenvalue weighted by Crippen LogP contribution is -2.34. The van der Waals surface area contributed by atoms with Crippen molar-refractivity contribution in [3.63, 3.8) is 0 Å². The smallest absolute Gasteiger partial charge is 0.223 e. The molecule has 0 aliphatic carbocycles. The Hall–Kier alpha value is -2.25. The second-order valence-corrected chi connectivity index (χ2v) is 8.08. The summed E-state index contributed by atoms with van der Waals surface area (Å²) in [5.74, 6) is 0.436. The Balaban J connectivity index is 1.47. The van der Waals surface area contributed by atoms with Crippen molar-refractivity contribution in [2.24, 2.45) is 0 Å². The Morgan fingerprint density at radius 1 is 1.50 bits per heavy atom. The third-order valence-electron chi connectivity index (χ3n) is 4.93. The van der Waals surface area contributed by atoms with Crippen LogP contribution in [0.1, 0.15) is 41.8 Å². The summed E-state index contributed by atoms with van der Waals surface area (Å²) in [6, 6.07) is 4.39. The number of nitrogens with one attached hydrogen (secondary N) is 2. The summed E-state index contributed by atoms with van der Waals surface area (Å²) in [6.07, 6.45) is 6.21. The monoisotopic (exact) mass is 369 g/mol. The van der Waals surface area contributed by atoms with Gasteiger partial charge in [0, 0.05) is 48.4 Å². The van der Waals surface area contributed by atoms with E-state index in [1.165, 1.54) is 35.6 Å². The van der Waals surface area contributed by atoms with Gasteiger partial charge in [-0.05, 0) is 49.9 Å². The van der Waals surface area contributed by atoms with Crippen LogP contribution in [0.4, 0.5) is 5.13 Å². The molecule has 1 atom stereocenters. The number of aromatic nitrogens is 3. The molecule has 0 spiro atoms. The van der Waals surface area contributed by atoms with Crippen LogP contribution in [0.3, 0.4) is 0 Å². The number of carbonyl (C=O) groups is 1. The Bertz CT molecular complexity index is 931. The van der Waals surface area contributed by atoms with Crippen LogP contribution in [0.15, 0.2) is 24.5 Å². The van der Waals surface area contributed by atoms with Crippen LogP contribution in [0.5, 0.6) is 0 Å². The number of aryl methyl sites for hydroxylation is 1. The maximum atomic E-state index is 11.2. The number of H-pyrrole nitrogens is 1. The predicted molar refractivity (Wildman–Crippen MR) is 105 cm³/mol. The van der Waals surface area contributed by atoms with Crippen molar-refractivity contribution in [3.8, 4) is 0 Å². The van der Waals surface area contributed by atoms with E-state index in [9.17, 15) is 4.79 Å². The minimum Gasteiger partial charge on any atom is -0.346 e. The molecule has 0 bridgehead atoms. The van der Waals surface area contributed by atoms with Gasteiger partial charge in [-0.15, -0.1) is 11.3 Å². The molecule has 1 saturated heterocycles. The number of amides is 1. The quantitative estimate of drug-likeness (QED) is 0.736. The van der Waals surface area contributed by atoms with Crippen LogP contribution in [-0.4, -0.2) is 38.8 Å². The number of aromatic amines is 1. The molecule has 0 unspecified atom stereocenters. The van der Waals surface area contributed by atoms with Crippen molar-refractivity contribution in [3.05, 3.63) is 40.7 Å². The maximum Gasteiger partial charge on any atom is 0.223 e. The lowest BCUT2D eigenvalue weighted by Gasteiger charge is -2.33. The summed E-state index contributed by atoms with van der Waals surface area (Å²) < 4.78 is 0. The summed E-state index contributed by atoms with van der Waals surface area (Å²) in [6.45, 7) is 6.63. The lowest BCUT2D eigenvalue weighted by molar-refractivity contribution is -0.114. The van der Waals surface area contributed by atoms with Crippen LogP contribution < -0.4 is 5.32 Å². The van der Waals surface area contributed by atoms with Crippen LogP contribution in [-0.2, 0) is 11.3 Å². The van der Waals surface area contributed by atoms with Gasteiger partial charge in [0.15, 0.2) is 5.13 Å². The number of nitrogens with zero attached hydrogens (tertiary/aromatic N) is 3. The van der Waals surface area contributed by atoms with E-state index in [1.807, 2.05) is 12.4 Å². The molecule has 7 heteroatoms. The summed E-state index contributed by atoms with van der Waals surface area (Å²) in [7, 11) is 0. The van der Waals surface area contributed by atoms with Gasteiger partial charge in [0.2, 0.25) is 5.91 Å². The fourth-order valence-corrected chi connectivity index (χ4v) is 4.67. The minimum atomic E-state index is -0.0768. The van der Waals surface area contributed by atoms with Gasteiger partial charge in [-0.2, -0.15) is 0 Å². The maximum absolute atomic E-state index is 11.2. The molecule has 3 aromatic rings. The number of likely N-dealkylation sites (tertiary alicyclic amines) is 1. The third kappa shape index (κ3) is 3.64. The van der Waals surface area contributed by atoms with Crippen LogP contribution in [0, 0.1) is 6.92 Å². The van der Waals surface area contributed by atoms with E-state index >= 15 is 0 Å². The lowest BCUT2D eigenvalue weighted by atomic mass is 9.89. The molecule has 4 rings (SSSR count). The zero-order valence-corrected chi connectivity index (χ0v) is 15.9. The van der Waals surface area contributed by atoms with Crippen LogP contribution in [0.2, 0.25) is 0 Å². The molecule has 0 aromatic carbocycles. The van der Waals surface area contributed by atoms with Gasteiger partial charge in [-0.1, -0.05) is 0 Å². The normalized spacial score (nSPS) is 18.3. The predicted octanol–water partition coefficient (Wildman–Crippen LogP) is 3.67. The van der Waals surface area contributed by atoms with E-state index in [0.717, 1.165) is 31.0 Å². The number of fused-ring (bicyclic) bond motifs is 1. The molecular weight excluding hydrogens is 346 g/mol. The number of pyridine rings is 1. The number of rotatable bonds is 4. The first-order valence-electron chi connectivity index (χ1n) is 8.98. The molecule has 1 aliphatic heterocycles. The number of carbonyl (C=O) groups excluding carboxylic acids is 1. The Morgan fingerprint density at radius 2 is 2.38 bits per heavy atom. The largest absolute Gasteiger partial charge is 0.346 e. The average molecular weight is 369 g/mol. The molecule has 136 valence electrons. The van der Waals surface area contributed by atoms with Gasteiger partial charge < -0.3 is 10.3 Å². The molecule has 6 nitrogen and oxygen atoms in total. The van der Waals surface area contributed by atoms with Crippen molar-refractivity contribution in [2.45, 2.75) is 39.2 Å². The first kappa shape index (κ1) is 17.2. The zero-order chi connectivity index (χ0) is 18.1. The fraction of sp³-hybridized carbons (Fsp3) is 0.421. The number of anilines is 1. The van der Waals surface area contributed by atoms with Crippen molar-refractivity contribution in [1.29, 1.82) is 0 Å². The molecule has 1 fully saturated rings. The third-order valence-corrected chi connectivity index (χ3v) is 5.82. The molecule has 4 heterocycles. The molecule has 1 aliphatic rings. The van der Waals surface area contributed by atoms with Gasteiger partial charge in [0.25, 0.3) is 0 Å². The summed E-state index contributed by atoms with van der Waals surface area (Å²) in [5.41, 5.74) is 3.46.